The molecule has 0 saturated carbocycles. The van der Waals surface area contributed by atoms with Crippen molar-refractivity contribution in [2.75, 3.05) is 0 Å². The van der Waals surface area contributed by atoms with Crippen molar-refractivity contribution >= 4 is 49.9 Å². The van der Waals surface area contributed by atoms with E-state index in [9.17, 15) is 0 Å². The Balaban J connectivity index is 0. The van der Waals surface area contributed by atoms with Crippen LogP contribution in [0.15, 0.2) is 0 Å². The van der Waals surface area contributed by atoms with Gasteiger partial charge in [-0.1, -0.05) is 0 Å². The first-order chi connectivity index (χ1) is 2.00. The predicted octanol–water partition coefficient (Wildman–Crippen LogP) is -2.24. The van der Waals surface area contributed by atoms with Gasteiger partial charge in [0.2, 0.25) is 0 Å². The van der Waals surface area contributed by atoms with E-state index < -0.39 is 0 Å². The molecule has 0 aliphatic heterocycles. The monoisotopic (exact) mass is 454 g/mol. The van der Waals surface area contributed by atoms with Crippen molar-refractivity contribution in [2.24, 2.45) is 0 Å². The molecule has 0 fully saturated rings. The summed E-state index contributed by atoms with van der Waals surface area (Å²) in [6.07, 6.45) is 0. The quantitative estimate of drug-likeness (QED) is 0.421. The molecule has 0 bridgehead atoms. The normalized spacial score (nSPS) is 2.50. The van der Waals surface area contributed by atoms with Crippen molar-refractivity contribution in [3.8, 4) is 0 Å². The third-order valence-electron chi connectivity index (χ3n) is 0. The van der Waals surface area contributed by atoms with Gasteiger partial charge >= 0.3 is 55.9 Å². The fourth-order valence-corrected chi connectivity index (χ4v) is 0. The zero-order chi connectivity index (χ0) is 4.00. The standard InChI is InChI=1S/2Bi.H2O.O.3H/h;;1H2;;;;/q;+1;;;;;/p-1. The van der Waals surface area contributed by atoms with Crippen LogP contribution in [0.25, 0.3) is 0 Å². The molecule has 0 unspecified atom stereocenters. The third-order valence-corrected chi connectivity index (χ3v) is 0. The fourth-order valence-electron chi connectivity index (χ4n) is 0. The van der Waals surface area contributed by atoms with Crippen LogP contribution in [0, 0.1) is 0 Å². The molecule has 0 radical (unpaired) electrons. The van der Waals surface area contributed by atoms with Crippen molar-refractivity contribution in [1.82, 2.24) is 0 Å². The van der Waals surface area contributed by atoms with E-state index >= 15 is 0 Å². The molecule has 0 spiro atoms. The van der Waals surface area contributed by atoms with Gasteiger partial charge in [-0.2, -0.15) is 0 Å². The average molecular weight is 454 g/mol. The molecule has 0 rings (SSSR count). The zero-order valence-electron chi connectivity index (χ0n) is 1.93. The molecule has 26 valence electrons. The van der Waals surface area contributed by atoms with Crippen LogP contribution >= 0.6 is 0 Å². The van der Waals surface area contributed by atoms with E-state index in [2.05, 4.69) is 0 Å². The van der Waals surface area contributed by atoms with Crippen LogP contribution in [0.3, 0.4) is 0 Å². The summed E-state index contributed by atoms with van der Waals surface area (Å²) in [5.41, 5.74) is 0. The molecule has 0 heterocycles. The Hall–Kier alpha value is 1.53. The van der Waals surface area contributed by atoms with Crippen molar-refractivity contribution < 1.29 is 6.00 Å². The summed E-state index contributed by atoms with van der Waals surface area (Å²) in [4.78, 5) is 0. The Bertz CT molecular complexity index is 4.00. The first-order valence-corrected chi connectivity index (χ1v) is 4.06. The molecule has 0 aromatic rings. The second kappa shape index (κ2) is 24.2. The fraction of sp³-hybridized carbons (Fsp3) is 0. The summed E-state index contributed by atoms with van der Waals surface area (Å²) in [6.45, 7) is 0. The first kappa shape index (κ1) is 9.11. The summed E-state index contributed by atoms with van der Waals surface area (Å²) in [7, 11) is 0. The van der Waals surface area contributed by atoms with E-state index in [1.165, 1.54) is 0 Å². The van der Waals surface area contributed by atoms with Crippen LogP contribution < -0.4 is 0 Å². The van der Waals surface area contributed by atoms with Crippen LogP contribution in [0.4, 0.5) is 0 Å². The summed E-state index contributed by atoms with van der Waals surface area (Å²) in [5.74, 6) is 0. The van der Waals surface area contributed by atoms with Gasteiger partial charge in [0, 0.05) is 0 Å². The van der Waals surface area contributed by atoms with Crippen LogP contribution in [0.1, 0.15) is 0 Å². The molecule has 0 saturated heterocycles. The van der Waals surface area contributed by atoms with Gasteiger partial charge < -0.3 is 0 Å². The Morgan fingerprint density at radius 2 is 1.50 bits per heavy atom. The molecule has 0 aliphatic carbocycles. The SMILES string of the molecule is [OH][BiH2].[O]=[BiH]. The topological polar surface area (TPSA) is 37.3 Å². The van der Waals surface area contributed by atoms with Gasteiger partial charge in [0.05, 0.1) is 0 Å². The molecule has 0 aliphatic rings. The predicted molar refractivity (Wildman–Crippen MR) is 18.6 cm³/mol. The van der Waals surface area contributed by atoms with Crippen LogP contribution in [-0.4, -0.2) is 53.1 Å². The van der Waals surface area contributed by atoms with E-state index in [1.54, 1.807) is 0 Å². The second-order valence-electron chi connectivity index (χ2n) is 0. The van der Waals surface area contributed by atoms with Crippen molar-refractivity contribution in [3.05, 3.63) is 0 Å². The molecular formula is H4Bi2O2. The van der Waals surface area contributed by atoms with Gasteiger partial charge in [-0.3, -0.25) is 0 Å². The summed E-state index contributed by atoms with van der Waals surface area (Å²) < 4.78 is 15.6. The molecule has 4 heteroatoms. The Morgan fingerprint density at radius 3 is 1.50 bits per heavy atom. The van der Waals surface area contributed by atoms with Gasteiger partial charge in [0.1, 0.15) is 0 Å². The number of rotatable bonds is 0. The minimum absolute atomic E-state index is 0.0556. The maximum absolute atomic E-state index is 8.39. The molecule has 4 heavy (non-hydrogen) atoms. The van der Waals surface area contributed by atoms with Crippen LogP contribution in [-0.2, 0) is 2.81 Å². The first-order valence-electron chi connectivity index (χ1n) is 0.462. The Morgan fingerprint density at radius 1 is 1.50 bits per heavy atom. The van der Waals surface area contributed by atoms with Gasteiger partial charge in [0.25, 0.3) is 0 Å². The zero-order valence-corrected chi connectivity index (χ0v) is 10.3. The minimum atomic E-state index is 0.0556. The molecule has 2 nitrogen and oxygen atoms in total. The molecule has 0 amide bonds. The molecule has 0 aromatic carbocycles. The van der Waals surface area contributed by atoms with Crippen LogP contribution in [0.5, 0.6) is 0 Å². The summed E-state index contributed by atoms with van der Waals surface area (Å²) >= 11 is 0.222. The molecular weight excluding hydrogens is 450 g/mol. The Kier molecular flexibility index (Phi) is 55.0. The average Bonchev–Trinajstić information content (AvgIpc) is 1.50. The van der Waals surface area contributed by atoms with Gasteiger partial charge in [-0.05, 0) is 0 Å². The number of hydrogen-bond donors (Lipinski definition) is 1. The number of hydrogen-bond acceptors (Lipinski definition) is 2. The molecule has 1 N–H and O–H groups in total. The Labute approximate surface area is 55.3 Å². The van der Waals surface area contributed by atoms with Gasteiger partial charge in [0.15, 0.2) is 0 Å². The summed E-state index contributed by atoms with van der Waals surface area (Å²) in [6, 6.07) is 0. The van der Waals surface area contributed by atoms with Crippen molar-refractivity contribution in [2.45, 2.75) is 0 Å². The van der Waals surface area contributed by atoms with Crippen molar-refractivity contribution in [1.29, 1.82) is 0 Å². The summed E-state index contributed by atoms with van der Waals surface area (Å²) in [5, 5.41) is 0. The van der Waals surface area contributed by atoms with E-state index in [0.717, 1.165) is 0 Å². The van der Waals surface area contributed by atoms with E-state index in [-0.39, 0.29) is 49.9 Å². The van der Waals surface area contributed by atoms with E-state index in [4.69, 9.17) is 6.00 Å². The van der Waals surface area contributed by atoms with E-state index in [0.29, 0.717) is 0 Å². The van der Waals surface area contributed by atoms with Gasteiger partial charge in [-0.15, -0.1) is 0 Å². The molecule has 0 atom stereocenters. The third kappa shape index (κ3) is 9.66. The molecule has 0 aromatic heterocycles. The van der Waals surface area contributed by atoms with Gasteiger partial charge in [-0.25, -0.2) is 0 Å². The van der Waals surface area contributed by atoms with Crippen molar-refractivity contribution in [3.63, 3.8) is 0 Å². The maximum atomic E-state index is 8.39. The van der Waals surface area contributed by atoms with Crippen LogP contribution in [0.2, 0.25) is 0 Å². The second-order valence-corrected chi connectivity index (χ2v) is 0. The van der Waals surface area contributed by atoms with E-state index in [1.807, 2.05) is 0 Å².